The third-order valence-corrected chi connectivity index (χ3v) is 5.12. The molecule has 5 heterocycles. The Hall–Kier alpha value is -3.36. The third kappa shape index (κ3) is 2.88. The van der Waals surface area contributed by atoms with Gasteiger partial charge >= 0.3 is 0 Å². The summed E-state index contributed by atoms with van der Waals surface area (Å²) < 4.78 is 27.8. The van der Waals surface area contributed by atoms with Crippen molar-refractivity contribution in [3.8, 4) is 11.5 Å². The maximum Gasteiger partial charge on any atom is 0.265 e. The van der Waals surface area contributed by atoms with E-state index in [0.717, 1.165) is 31.0 Å². The van der Waals surface area contributed by atoms with Crippen molar-refractivity contribution < 1.29 is 8.78 Å². The molecular formula is C19H17F2N7. The molecule has 142 valence electrons. The summed E-state index contributed by atoms with van der Waals surface area (Å²) in [6.07, 6.45) is 4.92. The predicted molar refractivity (Wildman–Crippen MR) is 99.3 cm³/mol. The van der Waals surface area contributed by atoms with E-state index in [1.54, 1.807) is 29.1 Å². The third-order valence-electron chi connectivity index (χ3n) is 5.12. The number of nitrogens with zero attached hydrogens (tertiary/aromatic N) is 6. The fraction of sp³-hybridized carbons (Fsp3) is 0.263. The summed E-state index contributed by atoms with van der Waals surface area (Å²) >= 11 is 0. The number of hydrogen-bond acceptors (Lipinski definition) is 5. The molecule has 28 heavy (non-hydrogen) atoms. The lowest BCUT2D eigenvalue weighted by atomic mass is 10.1. The van der Waals surface area contributed by atoms with Crippen molar-refractivity contribution in [3.63, 3.8) is 0 Å². The molecule has 0 spiro atoms. The molecule has 9 heteroatoms. The van der Waals surface area contributed by atoms with Crippen LogP contribution in [0.15, 0.2) is 49.1 Å². The van der Waals surface area contributed by atoms with Crippen LogP contribution in [0, 0.1) is 0 Å². The van der Waals surface area contributed by atoms with Crippen LogP contribution in [0.1, 0.15) is 30.0 Å². The second-order valence-electron chi connectivity index (χ2n) is 6.82. The minimum atomic E-state index is -2.55. The van der Waals surface area contributed by atoms with E-state index in [9.17, 15) is 8.78 Å². The Morgan fingerprint density at radius 1 is 1.11 bits per heavy atom. The number of anilines is 1. The van der Waals surface area contributed by atoms with E-state index in [4.69, 9.17) is 0 Å². The molecule has 5 rings (SSSR count). The van der Waals surface area contributed by atoms with Crippen molar-refractivity contribution in [2.75, 3.05) is 18.0 Å². The fourth-order valence-corrected chi connectivity index (χ4v) is 3.66. The molecule has 0 radical (unpaired) electrons. The van der Waals surface area contributed by atoms with Crippen LogP contribution in [0.4, 0.5) is 14.6 Å². The lowest BCUT2D eigenvalue weighted by molar-refractivity contribution is 0.151. The molecular weight excluding hydrogens is 364 g/mol. The summed E-state index contributed by atoms with van der Waals surface area (Å²) in [5, 5.41) is 7.07. The molecule has 0 bridgehead atoms. The van der Waals surface area contributed by atoms with Crippen molar-refractivity contribution >= 4 is 11.5 Å². The zero-order valence-corrected chi connectivity index (χ0v) is 14.8. The summed E-state index contributed by atoms with van der Waals surface area (Å²) in [6, 6.07) is 6.82. The Balaban J connectivity index is 1.46. The van der Waals surface area contributed by atoms with Gasteiger partial charge in [-0.05, 0) is 30.7 Å². The van der Waals surface area contributed by atoms with Gasteiger partial charge in [0.1, 0.15) is 17.2 Å². The number of imidazole rings is 1. The average molecular weight is 381 g/mol. The number of aromatic nitrogens is 6. The topological polar surface area (TPSA) is 75.0 Å². The van der Waals surface area contributed by atoms with E-state index in [1.807, 2.05) is 12.1 Å². The van der Waals surface area contributed by atoms with Crippen LogP contribution >= 0.6 is 0 Å². The highest BCUT2D eigenvalue weighted by atomic mass is 19.3. The van der Waals surface area contributed by atoms with Gasteiger partial charge in [-0.3, -0.25) is 9.50 Å². The molecule has 1 atom stereocenters. The molecule has 7 nitrogen and oxygen atoms in total. The number of halogens is 2. The van der Waals surface area contributed by atoms with Gasteiger partial charge in [-0.25, -0.2) is 23.7 Å². The summed E-state index contributed by atoms with van der Waals surface area (Å²) in [7, 11) is 0. The summed E-state index contributed by atoms with van der Waals surface area (Å²) in [6.45, 7) is 1.71. The number of H-pyrrole nitrogens is 1. The summed E-state index contributed by atoms with van der Waals surface area (Å²) in [5.74, 6) is 1.65. The number of aromatic amines is 1. The Bertz CT molecular complexity index is 1110. The van der Waals surface area contributed by atoms with Gasteiger partial charge in [-0.1, -0.05) is 0 Å². The zero-order valence-electron chi connectivity index (χ0n) is 14.8. The van der Waals surface area contributed by atoms with Crippen molar-refractivity contribution in [1.82, 2.24) is 29.5 Å². The first-order valence-corrected chi connectivity index (χ1v) is 9.02. The predicted octanol–water partition coefficient (Wildman–Crippen LogP) is 3.45. The molecule has 1 N–H and O–H groups in total. The first-order valence-electron chi connectivity index (χ1n) is 9.02. The number of pyridine rings is 1. The van der Waals surface area contributed by atoms with Crippen molar-refractivity contribution in [2.24, 2.45) is 0 Å². The zero-order chi connectivity index (χ0) is 19.1. The Morgan fingerprint density at radius 3 is 2.86 bits per heavy atom. The highest BCUT2D eigenvalue weighted by molar-refractivity contribution is 5.59. The second-order valence-corrected chi connectivity index (χ2v) is 6.82. The van der Waals surface area contributed by atoms with Gasteiger partial charge in [0.05, 0.1) is 6.20 Å². The lowest BCUT2D eigenvalue weighted by Gasteiger charge is -2.17. The smallest absolute Gasteiger partial charge is 0.265 e. The molecule has 0 saturated carbocycles. The van der Waals surface area contributed by atoms with Gasteiger partial charge in [0.15, 0.2) is 5.82 Å². The molecule has 0 aromatic carbocycles. The SMILES string of the molecule is FC(F)c1ccc2ncc(-c3nccc(N4CCC(c5ccn[nH]5)C4)n3)n2c1. The number of nitrogens with one attached hydrogen (secondary N) is 1. The van der Waals surface area contributed by atoms with Gasteiger partial charge in [0.25, 0.3) is 6.43 Å². The van der Waals surface area contributed by atoms with E-state index in [2.05, 4.69) is 30.0 Å². The van der Waals surface area contributed by atoms with E-state index < -0.39 is 6.43 Å². The van der Waals surface area contributed by atoms with E-state index in [-0.39, 0.29) is 5.56 Å². The summed E-state index contributed by atoms with van der Waals surface area (Å²) in [4.78, 5) is 15.5. The maximum atomic E-state index is 13.1. The molecule has 1 unspecified atom stereocenters. The highest BCUT2D eigenvalue weighted by Crippen LogP contribution is 2.30. The first-order chi connectivity index (χ1) is 13.7. The molecule has 1 aliphatic rings. The van der Waals surface area contributed by atoms with Crippen LogP contribution in [0.5, 0.6) is 0 Å². The molecule has 4 aromatic rings. The standard InChI is InChI=1S/C19H17F2N7/c20-18(21)13-1-2-16-23-9-15(28(16)11-13)19-22-6-4-17(25-19)27-8-5-12(10-27)14-3-7-24-26-14/h1-4,6-7,9,11-12,18H,5,8,10H2,(H,24,26). The largest absolute Gasteiger partial charge is 0.356 e. The molecule has 1 saturated heterocycles. The molecule has 1 fully saturated rings. The minimum Gasteiger partial charge on any atom is -0.356 e. The van der Waals surface area contributed by atoms with Crippen LogP contribution in [0.25, 0.3) is 17.2 Å². The number of rotatable bonds is 4. The highest BCUT2D eigenvalue weighted by Gasteiger charge is 2.26. The molecule has 0 amide bonds. The maximum absolute atomic E-state index is 13.1. The Labute approximate surface area is 159 Å². The number of fused-ring (bicyclic) bond motifs is 1. The quantitative estimate of drug-likeness (QED) is 0.586. The molecule has 4 aromatic heterocycles. The van der Waals surface area contributed by atoms with Crippen LogP contribution in [-0.4, -0.2) is 42.6 Å². The average Bonchev–Trinajstić information content (AvgIpc) is 3.47. The van der Waals surface area contributed by atoms with Crippen molar-refractivity contribution in [2.45, 2.75) is 18.8 Å². The van der Waals surface area contributed by atoms with E-state index in [0.29, 0.717) is 23.1 Å². The van der Waals surface area contributed by atoms with E-state index >= 15 is 0 Å². The van der Waals surface area contributed by atoms with Gasteiger partial charge in [-0.2, -0.15) is 5.10 Å². The van der Waals surface area contributed by atoms with Gasteiger partial charge < -0.3 is 4.90 Å². The Kier molecular flexibility index (Phi) is 4.00. The Morgan fingerprint density at radius 2 is 2.04 bits per heavy atom. The van der Waals surface area contributed by atoms with Gasteiger partial charge in [-0.15, -0.1) is 0 Å². The van der Waals surface area contributed by atoms with Crippen LogP contribution < -0.4 is 4.90 Å². The number of alkyl halides is 2. The lowest BCUT2D eigenvalue weighted by Crippen LogP contribution is -2.20. The van der Waals surface area contributed by atoms with Crippen molar-refractivity contribution in [1.29, 1.82) is 0 Å². The van der Waals surface area contributed by atoms with Crippen LogP contribution in [0.3, 0.4) is 0 Å². The molecule has 1 aliphatic heterocycles. The molecule has 0 aliphatic carbocycles. The monoisotopic (exact) mass is 381 g/mol. The normalized spacial score (nSPS) is 17.1. The van der Waals surface area contributed by atoms with Gasteiger partial charge in [0.2, 0.25) is 0 Å². The van der Waals surface area contributed by atoms with Gasteiger partial charge in [0, 0.05) is 48.9 Å². The first kappa shape index (κ1) is 16.8. The minimum absolute atomic E-state index is 0.0650. The second kappa shape index (κ2) is 6.66. The van der Waals surface area contributed by atoms with Crippen molar-refractivity contribution in [3.05, 3.63) is 60.3 Å². The fourth-order valence-electron chi connectivity index (χ4n) is 3.66. The van der Waals surface area contributed by atoms with Crippen LogP contribution in [-0.2, 0) is 0 Å². The van der Waals surface area contributed by atoms with E-state index in [1.165, 1.54) is 12.3 Å². The number of hydrogen-bond donors (Lipinski definition) is 1. The summed E-state index contributed by atoms with van der Waals surface area (Å²) in [5.41, 5.74) is 2.22. The van der Waals surface area contributed by atoms with Crippen LogP contribution in [0.2, 0.25) is 0 Å².